The van der Waals surface area contributed by atoms with Crippen molar-refractivity contribution < 1.29 is 9.90 Å². The molecule has 5 nitrogen and oxygen atoms in total. The van der Waals surface area contributed by atoms with Gasteiger partial charge < -0.3 is 15.3 Å². The number of thiazole rings is 1. The van der Waals surface area contributed by atoms with E-state index in [2.05, 4.69) is 10.3 Å². The van der Waals surface area contributed by atoms with E-state index in [0.29, 0.717) is 19.5 Å². The van der Waals surface area contributed by atoms with E-state index < -0.39 is 6.10 Å². The molecule has 110 valence electrons. The van der Waals surface area contributed by atoms with Crippen molar-refractivity contribution in [2.24, 2.45) is 0 Å². The highest BCUT2D eigenvalue weighted by molar-refractivity contribution is 7.09. The molecule has 2 atom stereocenters. The number of aliphatic hydroxyl groups is 1. The standard InChI is InChI=1S/C11H17N3O2S.2ClH/c1-7-13-8(6-17-7)5-14(2)11(16)10-3-9(15)4-12-10;;/h6,9-10,12,15H,3-5H2,1-2H3;2*1H. The molecule has 2 rings (SSSR count). The van der Waals surface area contributed by atoms with Gasteiger partial charge in [-0.1, -0.05) is 0 Å². The van der Waals surface area contributed by atoms with E-state index in [1.807, 2.05) is 12.3 Å². The van der Waals surface area contributed by atoms with E-state index in [1.54, 1.807) is 23.3 Å². The van der Waals surface area contributed by atoms with Crippen molar-refractivity contribution in [1.82, 2.24) is 15.2 Å². The summed E-state index contributed by atoms with van der Waals surface area (Å²) in [4.78, 5) is 18.0. The van der Waals surface area contributed by atoms with Gasteiger partial charge in [-0.2, -0.15) is 0 Å². The third-order valence-corrected chi connectivity index (χ3v) is 3.67. The molecular weight excluding hydrogens is 309 g/mol. The Hall–Kier alpha value is -0.400. The molecule has 1 amide bonds. The zero-order valence-corrected chi connectivity index (χ0v) is 13.3. The monoisotopic (exact) mass is 327 g/mol. The van der Waals surface area contributed by atoms with Crippen LogP contribution in [0.25, 0.3) is 0 Å². The minimum atomic E-state index is -0.404. The highest BCUT2D eigenvalue weighted by atomic mass is 35.5. The molecular formula is C11H19Cl2N3O2S. The molecule has 19 heavy (non-hydrogen) atoms. The van der Waals surface area contributed by atoms with Crippen molar-refractivity contribution in [2.75, 3.05) is 13.6 Å². The summed E-state index contributed by atoms with van der Waals surface area (Å²) >= 11 is 1.59. The fourth-order valence-corrected chi connectivity index (χ4v) is 2.58. The van der Waals surface area contributed by atoms with Crippen LogP contribution in [0.1, 0.15) is 17.1 Å². The van der Waals surface area contributed by atoms with Crippen molar-refractivity contribution in [3.05, 3.63) is 16.1 Å². The van der Waals surface area contributed by atoms with Crippen LogP contribution in [0.2, 0.25) is 0 Å². The molecule has 2 heterocycles. The molecule has 2 N–H and O–H groups in total. The summed E-state index contributed by atoms with van der Waals surface area (Å²) in [6, 6.07) is -0.255. The minimum absolute atomic E-state index is 0. The molecule has 0 saturated carbocycles. The largest absolute Gasteiger partial charge is 0.392 e. The molecule has 0 bridgehead atoms. The van der Waals surface area contributed by atoms with Crippen LogP contribution < -0.4 is 5.32 Å². The topological polar surface area (TPSA) is 65.5 Å². The molecule has 8 heteroatoms. The lowest BCUT2D eigenvalue weighted by molar-refractivity contribution is -0.132. The Morgan fingerprint density at radius 3 is 2.79 bits per heavy atom. The minimum Gasteiger partial charge on any atom is -0.392 e. The summed E-state index contributed by atoms with van der Waals surface area (Å²) in [6.07, 6.45) is 0.0954. The average Bonchev–Trinajstić information content (AvgIpc) is 2.87. The van der Waals surface area contributed by atoms with Gasteiger partial charge in [-0.3, -0.25) is 4.79 Å². The Kier molecular flexibility index (Phi) is 7.85. The van der Waals surface area contributed by atoms with Crippen molar-refractivity contribution >= 4 is 42.1 Å². The first-order valence-electron chi connectivity index (χ1n) is 5.63. The number of carbonyl (C=O) groups excluding carboxylic acids is 1. The van der Waals surface area contributed by atoms with Gasteiger partial charge in [0.1, 0.15) is 0 Å². The van der Waals surface area contributed by atoms with Crippen LogP contribution in [0.4, 0.5) is 0 Å². The molecule has 0 aromatic carbocycles. The van der Waals surface area contributed by atoms with Crippen LogP contribution in [0.5, 0.6) is 0 Å². The number of nitrogens with zero attached hydrogens (tertiary/aromatic N) is 2. The van der Waals surface area contributed by atoms with Gasteiger partial charge in [0.05, 0.1) is 29.4 Å². The summed E-state index contributed by atoms with van der Waals surface area (Å²) in [5.74, 6) is 0.0206. The van der Waals surface area contributed by atoms with Gasteiger partial charge in [-0.25, -0.2) is 4.98 Å². The summed E-state index contributed by atoms with van der Waals surface area (Å²) < 4.78 is 0. The lowest BCUT2D eigenvalue weighted by atomic mass is 10.2. The Bertz CT molecular complexity index is 416. The lowest BCUT2D eigenvalue weighted by Crippen LogP contribution is -2.41. The number of aliphatic hydroxyl groups excluding tert-OH is 1. The molecule has 1 aliphatic rings. The number of likely N-dealkylation sites (N-methyl/N-ethyl adjacent to an activating group) is 1. The predicted molar refractivity (Wildman–Crippen MR) is 80.2 cm³/mol. The smallest absolute Gasteiger partial charge is 0.239 e. The van der Waals surface area contributed by atoms with E-state index in [1.165, 1.54) is 0 Å². The SMILES string of the molecule is Cc1nc(CN(C)C(=O)C2CC(O)CN2)cs1.Cl.Cl. The van der Waals surface area contributed by atoms with Gasteiger partial charge in [0.25, 0.3) is 0 Å². The third-order valence-electron chi connectivity index (χ3n) is 2.85. The van der Waals surface area contributed by atoms with Crippen molar-refractivity contribution in [3.8, 4) is 0 Å². The third kappa shape index (κ3) is 4.89. The van der Waals surface area contributed by atoms with Crippen LogP contribution in [0.15, 0.2) is 5.38 Å². The van der Waals surface area contributed by atoms with Gasteiger partial charge in [0.2, 0.25) is 5.91 Å². The Labute approximate surface area is 129 Å². The number of hydrogen-bond donors (Lipinski definition) is 2. The maximum Gasteiger partial charge on any atom is 0.239 e. The van der Waals surface area contributed by atoms with Crippen LogP contribution in [0, 0.1) is 6.92 Å². The highest BCUT2D eigenvalue weighted by Crippen LogP contribution is 2.13. The molecule has 1 aliphatic heterocycles. The number of β-amino-alcohol motifs (C(OH)–C–C–N with tert-alkyl or cyclic N) is 1. The molecule has 1 fully saturated rings. The zero-order chi connectivity index (χ0) is 12.4. The van der Waals surface area contributed by atoms with Crippen molar-refractivity contribution in [3.63, 3.8) is 0 Å². The fourth-order valence-electron chi connectivity index (χ4n) is 1.97. The second-order valence-electron chi connectivity index (χ2n) is 4.40. The highest BCUT2D eigenvalue weighted by Gasteiger charge is 2.30. The average molecular weight is 328 g/mol. The number of aryl methyl sites for hydroxylation is 1. The number of rotatable bonds is 3. The maximum atomic E-state index is 12.0. The maximum absolute atomic E-state index is 12.0. The summed E-state index contributed by atoms with van der Waals surface area (Å²) in [5, 5.41) is 15.4. The summed E-state index contributed by atoms with van der Waals surface area (Å²) in [6.45, 7) is 2.97. The van der Waals surface area contributed by atoms with E-state index in [9.17, 15) is 9.90 Å². The van der Waals surface area contributed by atoms with Crippen LogP contribution in [0.3, 0.4) is 0 Å². The van der Waals surface area contributed by atoms with Gasteiger partial charge in [0.15, 0.2) is 0 Å². The molecule has 1 saturated heterocycles. The quantitative estimate of drug-likeness (QED) is 0.868. The number of nitrogens with one attached hydrogen (secondary N) is 1. The Balaban J connectivity index is 0.00000162. The first-order chi connectivity index (χ1) is 8.06. The van der Waals surface area contributed by atoms with Gasteiger partial charge in [-0.05, 0) is 13.3 Å². The first kappa shape index (κ1) is 18.6. The number of amides is 1. The lowest BCUT2D eigenvalue weighted by Gasteiger charge is -2.20. The molecule has 0 aliphatic carbocycles. The van der Waals surface area contributed by atoms with E-state index in [4.69, 9.17) is 0 Å². The van der Waals surface area contributed by atoms with E-state index in [-0.39, 0.29) is 36.8 Å². The number of hydrogen-bond acceptors (Lipinski definition) is 5. The summed E-state index contributed by atoms with van der Waals surface area (Å²) in [7, 11) is 1.77. The first-order valence-corrected chi connectivity index (χ1v) is 6.51. The van der Waals surface area contributed by atoms with Gasteiger partial charge in [-0.15, -0.1) is 36.2 Å². The number of aromatic nitrogens is 1. The van der Waals surface area contributed by atoms with Gasteiger partial charge in [0, 0.05) is 19.0 Å². The Morgan fingerprint density at radius 2 is 2.32 bits per heavy atom. The zero-order valence-electron chi connectivity index (χ0n) is 10.8. The second-order valence-corrected chi connectivity index (χ2v) is 5.46. The van der Waals surface area contributed by atoms with E-state index >= 15 is 0 Å². The molecule has 0 radical (unpaired) electrons. The van der Waals surface area contributed by atoms with Crippen LogP contribution >= 0.6 is 36.2 Å². The number of halogens is 2. The van der Waals surface area contributed by atoms with Crippen molar-refractivity contribution in [2.45, 2.75) is 32.0 Å². The predicted octanol–water partition coefficient (Wildman–Crippen LogP) is 0.976. The second kappa shape index (κ2) is 8.01. The van der Waals surface area contributed by atoms with Crippen LogP contribution in [-0.2, 0) is 11.3 Å². The normalized spacial score (nSPS) is 21.4. The molecule has 1 aromatic heterocycles. The Morgan fingerprint density at radius 1 is 1.63 bits per heavy atom. The molecule has 2 unspecified atom stereocenters. The van der Waals surface area contributed by atoms with Crippen molar-refractivity contribution in [1.29, 1.82) is 0 Å². The summed E-state index contributed by atoms with van der Waals surface area (Å²) in [5.41, 5.74) is 0.918. The molecule has 1 aromatic rings. The number of carbonyl (C=O) groups is 1. The fraction of sp³-hybridized carbons (Fsp3) is 0.636. The van der Waals surface area contributed by atoms with Crippen LogP contribution in [-0.4, -0.2) is 46.6 Å². The van der Waals surface area contributed by atoms with E-state index in [0.717, 1.165) is 10.7 Å². The van der Waals surface area contributed by atoms with Gasteiger partial charge >= 0.3 is 0 Å². The molecule has 0 spiro atoms.